The van der Waals surface area contributed by atoms with Gasteiger partial charge in [-0.05, 0) is 0 Å². The fourth-order valence-electron chi connectivity index (χ4n) is 0.932. The average molecular weight is 154 g/mol. The van der Waals surface area contributed by atoms with Crippen LogP contribution in [0.5, 0.6) is 0 Å². The van der Waals surface area contributed by atoms with Crippen molar-refractivity contribution in [2.24, 2.45) is 0 Å². The van der Waals surface area contributed by atoms with Crippen molar-refractivity contribution in [3.63, 3.8) is 0 Å². The van der Waals surface area contributed by atoms with Crippen molar-refractivity contribution in [2.75, 3.05) is 13.2 Å². The summed E-state index contributed by atoms with van der Waals surface area (Å²) < 4.78 is 9.90. The maximum absolute atomic E-state index is 5.00. The lowest BCUT2D eigenvalue weighted by atomic mass is 10.2. The molecule has 1 aromatic rings. The highest BCUT2D eigenvalue weighted by Gasteiger charge is 2.17. The van der Waals surface area contributed by atoms with E-state index in [2.05, 4.69) is 10.5 Å². The van der Waals surface area contributed by atoms with Crippen molar-refractivity contribution in [1.29, 1.82) is 0 Å². The second-order valence-corrected chi connectivity index (χ2v) is 2.59. The highest BCUT2D eigenvalue weighted by atomic mass is 16.5. The Kier molecular flexibility index (Phi) is 1.87. The molecule has 1 saturated heterocycles. The van der Waals surface area contributed by atoms with Crippen LogP contribution in [0, 0.1) is 0 Å². The van der Waals surface area contributed by atoms with Gasteiger partial charge in [0.15, 0.2) is 0 Å². The lowest BCUT2D eigenvalue weighted by molar-refractivity contribution is -0.00658. The van der Waals surface area contributed by atoms with E-state index in [1.807, 2.05) is 6.07 Å². The quantitative estimate of drug-likeness (QED) is 0.673. The molecule has 0 unspecified atom stereocenters. The van der Waals surface area contributed by atoms with Gasteiger partial charge >= 0.3 is 0 Å². The zero-order valence-corrected chi connectivity index (χ0v) is 6.12. The highest BCUT2D eigenvalue weighted by molar-refractivity contribution is 4.92. The minimum absolute atomic E-state index is 0.500. The first-order valence-corrected chi connectivity index (χ1v) is 3.66. The number of hydrogen-bond donors (Lipinski definition) is 1. The molecule has 0 saturated carbocycles. The summed E-state index contributed by atoms with van der Waals surface area (Å²) in [5, 5.41) is 6.86. The molecule has 0 atom stereocenters. The Morgan fingerprint density at radius 3 is 3.09 bits per heavy atom. The summed E-state index contributed by atoms with van der Waals surface area (Å²) in [6.07, 6.45) is 1.65. The van der Waals surface area contributed by atoms with E-state index >= 15 is 0 Å². The summed E-state index contributed by atoms with van der Waals surface area (Å²) in [7, 11) is 0. The number of nitrogens with zero attached hydrogens (tertiary/aromatic N) is 1. The molecule has 11 heavy (non-hydrogen) atoms. The average Bonchev–Trinajstić information content (AvgIpc) is 2.36. The van der Waals surface area contributed by atoms with Crippen molar-refractivity contribution >= 4 is 0 Å². The fourth-order valence-corrected chi connectivity index (χ4v) is 0.932. The predicted molar refractivity (Wildman–Crippen MR) is 37.9 cm³/mol. The fraction of sp³-hybridized carbons (Fsp3) is 0.571. The van der Waals surface area contributed by atoms with E-state index < -0.39 is 0 Å². The third-order valence-corrected chi connectivity index (χ3v) is 1.69. The SMILES string of the molecule is c1cc(CNC2COC2)on1. The molecule has 1 aliphatic rings. The predicted octanol–water partition coefficient (Wildman–Crippen LogP) is 0.163. The molecule has 0 aliphatic carbocycles. The summed E-state index contributed by atoms with van der Waals surface area (Å²) >= 11 is 0. The first-order valence-electron chi connectivity index (χ1n) is 3.66. The van der Waals surface area contributed by atoms with Crippen LogP contribution in [0.2, 0.25) is 0 Å². The van der Waals surface area contributed by atoms with Crippen LogP contribution in [-0.2, 0) is 11.3 Å². The van der Waals surface area contributed by atoms with Crippen LogP contribution in [0.25, 0.3) is 0 Å². The summed E-state index contributed by atoms with van der Waals surface area (Å²) in [6.45, 7) is 2.37. The number of rotatable bonds is 3. The molecule has 60 valence electrons. The second kappa shape index (κ2) is 3.02. The zero-order valence-electron chi connectivity index (χ0n) is 6.12. The van der Waals surface area contributed by atoms with Gasteiger partial charge in [0.2, 0.25) is 0 Å². The molecule has 0 aromatic carbocycles. The van der Waals surface area contributed by atoms with Crippen molar-refractivity contribution in [3.05, 3.63) is 18.0 Å². The Hall–Kier alpha value is -0.870. The molecule has 1 aromatic heterocycles. The number of aromatic nitrogens is 1. The molecule has 0 amide bonds. The Balaban J connectivity index is 1.74. The van der Waals surface area contributed by atoms with Crippen LogP contribution in [0.15, 0.2) is 16.8 Å². The van der Waals surface area contributed by atoms with Crippen molar-refractivity contribution in [1.82, 2.24) is 10.5 Å². The van der Waals surface area contributed by atoms with E-state index in [1.54, 1.807) is 6.20 Å². The van der Waals surface area contributed by atoms with Crippen LogP contribution >= 0.6 is 0 Å². The lowest BCUT2D eigenvalue weighted by Gasteiger charge is -2.26. The Morgan fingerprint density at radius 1 is 1.64 bits per heavy atom. The highest BCUT2D eigenvalue weighted by Crippen LogP contribution is 2.02. The van der Waals surface area contributed by atoms with Gasteiger partial charge in [-0.1, -0.05) is 5.16 Å². The maximum atomic E-state index is 5.00. The van der Waals surface area contributed by atoms with E-state index in [9.17, 15) is 0 Å². The van der Waals surface area contributed by atoms with E-state index in [4.69, 9.17) is 9.26 Å². The van der Waals surface area contributed by atoms with Gasteiger partial charge in [0, 0.05) is 6.07 Å². The van der Waals surface area contributed by atoms with Gasteiger partial charge < -0.3 is 14.6 Å². The van der Waals surface area contributed by atoms with Gasteiger partial charge in [0.25, 0.3) is 0 Å². The molecule has 2 heterocycles. The van der Waals surface area contributed by atoms with Crippen molar-refractivity contribution < 1.29 is 9.26 Å². The molecule has 0 radical (unpaired) electrons. The first kappa shape index (κ1) is 6.82. The summed E-state index contributed by atoms with van der Waals surface area (Å²) in [5.74, 6) is 0.872. The third-order valence-electron chi connectivity index (χ3n) is 1.69. The number of ether oxygens (including phenoxy) is 1. The largest absolute Gasteiger partial charge is 0.378 e. The zero-order chi connectivity index (χ0) is 7.52. The van der Waals surface area contributed by atoms with Crippen LogP contribution in [0.1, 0.15) is 5.76 Å². The Labute approximate surface area is 64.5 Å². The molecule has 1 N–H and O–H groups in total. The van der Waals surface area contributed by atoms with Gasteiger partial charge in [-0.2, -0.15) is 0 Å². The lowest BCUT2D eigenvalue weighted by Crippen LogP contribution is -2.45. The van der Waals surface area contributed by atoms with Crippen LogP contribution < -0.4 is 5.32 Å². The molecular formula is C7H10N2O2. The van der Waals surface area contributed by atoms with Gasteiger partial charge in [0.05, 0.1) is 32.0 Å². The van der Waals surface area contributed by atoms with E-state index in [-0.39, 0.29) is 0 Å². The van der Waals surface area contributed by atoms with Gasteiger partial charge in [-0.3, -0.25) is 0 Å². The minimum atomic E-state index is 0.500. The first-order chi connectivity index (χ1) is 5.45. The minimum Gasteiger partial charge on any atom is -0.378 e. The number of nitrogens with one attached hydrogen (secondary N) is 1. The smallest absolute Gasteiger partial charge is 0.150 e. The third kappa shape index (κ3) is 1.58. The van der Waals surface area contributed by atoms with Crippen molar-refractivity contribution in [3.8, 4) is 0 Å². The Morgan fingerprint density at radius 2 is 2.55 bits per heavy atom. The summed E-state index contributed by atoms with van der Waals surface area (Å²) in [5.41, 5.74) is 0. The standard InChI is InChI=1S/C7H10N2O2/c1-2-9-11-7(1)3-8-6-4-10-5-6/h1-2,6,8H,3-5H2. The molecular weight excluding hydrogens is 144 g/mol. The maximum Gasteiger partial charge on any atom is 0.150 e. The monoisotopic (exact) mass is 154 g/mol. The summed E-state index contributed by atoms with van der Waals surface area (Å²) in [6, 6.07) is 2.35. The van der Waals surface area contributed by atoms with Crippen LogP contribution in [0.4, 0.5) is 0 Å². The van der Waals surface area contributed by atoms with Gasteiger partial charge in [-0.25, -0.2) is 0 Å². The molecule has 1 fully saturated rings. The molecule has 4 heteroatoms. The second-order valence-electron chi connectivity index (χ2n) is 2.59. The van der Waals surface area contributed by atoms with Crippen LogP contribution in [-0.4, -0.2) is 24.4 Å². The van der Waals surface area contributed by atoms with Gasteiger partial charge in [0.1, 0.15) is 5.76 Å². The van der Waals surface area contributed by atoms with Crippen LogP contribution in [0.3, 0.4) is 0 Å². The van der Waals surface area contributed by atoms with Crippen molar-refractivity contribution in [2.45, 2.75) is 12.6 Å². The molecule has 0 bridgehead atoms. The molecule has 4 nitrogen and oxygen atoms in total. The normalized spacial score (nSPS) is 18.2. The van der Waals surface area contributed by atoms with Gasteiger partial charge in [-0.15, -0.1) is 0 Å². The molecule has 1 aliphatic heterocycles. The Bertz CT molecular complexity index is 206. The van der Waals surface area contributed by atoms with E-state index in [0.717, 1.165) is 25.5 Å². The van der Waals surface area contributed by atoms with E-state index in [1.165, 1.54) is 0 Å². The number of hydrogen-bond acceptors (Lipinski definition) is 4. The van der Waals surface area contributed by atoms with E-state index in [0.29, 0.717) is 6.04 Å². The topological polar surface area (TPSA) is 47.3 Å². The molecule has 0 spiro atoms. The summed E-state index contributed by atoms with van der Waals surface area (Å²) in [4.78, 5) is 0. The molecule has 2 rings (SSSR count).